The molecule has 3 aromatic rings. The highest BCUT2D eigenvalue weighted by Gasteiger charge is 2.50. The molecule has 3 heterocycles. The van der Waals surface area contributed by atoms with Gasteiger partial charge in [0.2, 0.25) is 11.7 Å². The van der Waals surface area contributed by atoms with Crippen molar-refractivity contribution < 1.29 is 9.21 Å². The number of amides is 1. The maximum absolute atomic E-state index is 13.3. The van der Waals surface area contributed by atoms with Crippen LogP contribution < -0.4 is 0 Å². The van der Waals surface area contributed by atoms with Gasteiger partial charge in [-0.2, -0.15) is 0 Å². The first kappa shape index (κ1) is 21.3. The van der Waals surface area contributed by atoms with Gasteiger partial charge < -0.3 is 9.32 Å². The van der Waals surface area contributed by atoms with Crippen molar-refractivity contribution in [3.05, 3.63) is 48.2 Å². The Kier molecular flexibility index (Phi) is 5.19. The molecule has 6 nitrogen and oxygen atoms in total. The average molecular weight is 451 g/mol. The van der Waals surface area contributed by atoms with Gasteiger partial charge in [0.15, 0.2) is 10.9 Å². The Labute approximate surface area is 193 Å². The lowest BCUT2D eigenvalue weighted by Gasteiger charge is -2.39. The van der Waals surface area contributed by atoms with E-state index in [-0.39, 0.29) is 11.3 Å². The van der Waals surface area contributed by atoms with Crippen molar-refractivity contribution in [2.75, 3.05) is 12.3 Å². The summed E-state index contributed by atoms with van der Waals surface area (Å²) < 4.78 is 7.61. The van der Waals surface area contributed by atoms with Crippen LogP contribution in [0.2, 0.25) is 0 Å². The Morgan fingerprint density at radius 2 is 1.97 bits per heavy atom. The van der Waals surface area contributed by atoms with Gasteiger partial charge in [-0.3, -0.25) is 9.36 Å². The molecule has 0 radical (unpaired) electrons. The van der Waals surface area contributed by atoms with Gasteiger partial charge in [0.1, 0.15) is 0 Å². The van der Waals surface area contributed by atoms with E-state index in [1.54, 1.807) is 6.26 Å². The van der Waals surface area contributed by atoms with Crippen LogP contribution in [-0.2, 0) is 4.79 Å². The van der Waals surface area contributed by atoms with Gasteiger partial charge in [-0.15, -0.1) is 10.2 Å². The van der Waals surface area contributed by atoms with Crippen LogP contribution in [0.3, 0.4) is 0 Å². The largest absolute Gasteiger partial charge is 0.461 e. The Balaban J connectivity index is 1.40. The Morgan fingerprint density at radius 1 is 1.16 bits per heavy atom. The first-order valence-corrected chi connectivity index (χ1v) is 12.2. The number of likely N-dealkylation sites (tertiary alicyclic amines) is 1. The van der Waals surface area contributed by atoms with Crippen LogP contribution in [0.1, 0.15) is 45.6 Å². The maximum Gasteiger partial charge on any atom is 0.233 e. The third kappa shape index (κ3) is 3.87. The fourth-order valence-electron chi connectivity index (χ4n) is 5.92. The Hall–Kier alpha value is -2.54. The molecule has 2 aliphatic rings. The number of fused-ring (bicyclic) bond motifs is 2. The minimum absolute atomic E-state index is 0.195. The van der Waals surface area contributed by atoms with Gasteiger partial charge in [0, 0.05) is 12.6 Å². The van der Waals surface area contributed by atoms with E-state index in [2.05, 4.69) is 48.9 Å². The maximum atomic E-state index is 13.3. The van der Waals surface area contributed by atoms with Crippen LogP contribution in [0, 0.1) is 17.8 Å². The smallest absolute Gasteiger partial charge is 0.233 e. The highest BCUT2D eigenvalue weighted by atomic mass is 32.2. The Morgan fingerprint density at radius 3 is 2.72 bits per heavy atom. The first-order chi connectivity index (χ1) is 15.2. The lowest BCUT2D eigenvalue weighted by Crippen LogP contribution is -2.38. The van der Waals surface area contributed by atoms with Crippen LogP contribution in [-0.4, -0.2) is 43.9 Å². The lowest BCUT2D eigenvalue weighted by atomic mass is 9.65. The van der Waals surface area contributed by atoms with Gasteiger partial charge >= 0.3 is 0 Å². The van der Waals surface area contributed by atoms with Gasteiger partial charge in [0.05, 0.1) is 17.7 Å². The van der Waals surface area contributed by atoms with E-state index in [1.165, 1.54) is 18.2 Å². The second-order valence-electron chi connectivity index (χ2n) is 10.4. The number of benzene rings is 1. The van der Waals surface area contributed by atoms with E-state index in [0.29, 0.717) is 34.0 Å². The number of carbonyl (C=O) groups is 1. The van der Waals surface area contributed by atoms with E-state index in [9.17, 15) is 4.79 Å². The van der Waals surface area contributed by atoms with Gasteiger partial charge in [-0.25, -0.2) is 0 Å². The number of hydrogen-bond acceptors (Lipinski definition) is 5. The van der Waals surface area contributed by atoms with Crippen LogP contribution in [0.4, 0.5) is 0 Å². The van der Waals surface area contributed by atoms with Gasteiger partial charge in [-0.1, -0.05) is 50.7 Å². The molecule has 168 valence electrons. The summed E-state index contributed by atoms with van der Waals surface area (Å²) in [5.41, 5.74) is 2.63. The molecule has 1 amide bonds. The number of furan rings is 1. The minimum atomic E-state index is 0.195. The van der Waals surface area contributed by atoms with Crippen LogP contribution in [0.15, 0.2) is 52.2 Å². The normalized spacial score (nSPS) is 24.1. The van der Waals surface area contributed by atoms with E-state index in [1.807, 2.05) is 34.9 Å². The lowest BCUT2D eigenvalue weighted by molar-refractivity contribution is -0.129. The zero-order valence-corrected chi connectivity index (χ0v) is 20.0. The van der Waals surface area contributed by atoms with Crippen molar-refractivity contribution in [1.29, 1.82) is 0 Å². The number of carbonyl (C=O) groups excluding carboxylic acids is 1. The summed E-state index contributed by atoms with van der Waals surface area (Å²) in [6.07, 6.45) is 5.02. The number of para-hydroxylation sites is 1. The highest BCUT2D eigenvalue weighted by molar-refractivity contribution is 7.99. The van der Waals surface area contributed by atoms with E-state index < -0.39 is 0 Å². The summed E-state index contributed by atoms with van der Waals surface area (Å²) in [6, 6.07) is 12.2. The van der Waals surface area contributed by atoms with Crippen molar-refractivity contribution in [3.8, 4) is 17.3 Å². The molecular weight excluding hydrogens is 420 g/mol. The Bertz CT molecular complexity index is 1140. The predicted octanol–water partition coefficient (Wildman–Crippen LogP) is 5.36. The summed E-state index contributed by atoms with van der Waals surface area (Å²) in [7, 11) is 0. The highest BCUT2D eigenvalue weighted by Crippen LogP contribution is 2.52. The molecule has 0 N–H and O–H groups in total. The molecule has 2 unspecified atom stereocenters. The van der Waals surface area contributed by atoms with Gasteiger partial charge in [0.25, 0.3) is 0 Å². The molecule has 0 spiro atoms. The first-order valence-electron chi connectivity index (χ1n) is 11.2. The van der Waals surface area contributed by atoms with Crippen molar-refractivity contribution >= 4 is 17.7 Å². The average Bonchev–Trinajstić information content (AvgIpc) is 3.43. The summed E-state index contributed by atoms with van der Waals surface area (Å²) in [4.78, 5) is 15.4. The van der Waals surface area contributed by atoms with Crippen molar-refractivity contribution in [3.63, 3.8) is 0 Å². The molecule has 2 fully saturated rings. The van der Waals surface area contributed by atoms with E-state index in [4.69, 9.17) is 4.42 Å². The fraction of sp³-hybridized carbons (Fsp3) is 0.480. The number of nitrogens with zero attached hydrogens (tertiary/aromatic N) is 4. The zero-order valence-electron chi connectivity index (χ0n) is 19.2. The molecule has 1 saturated carbocycles. The summed E-state index contributed by atoms with van der Waals surface area (Å²) in [5, 5.41) is 9.55. The monoisotopic (exact) mass is 450 g/mol. The fourth-order valence-corrected chi connectivity index (χ4v) is 6.75. The van der Waals surface area contributed by atoms with Crippen molar-refractivity contribution in [1.82, 2.24) is 19.7 Å². The molecule has 1 aliphatic carbocycles. The minimum Gasteiger partial charge on any atom is -0.461 e. The molecule has 1 aliphatic heterocycles. The summed E-state index contributed by atoms with van der Waals surface area (Å²) >= 11 is 1.45. The SMILES string of the molecule is Cc1ccccc1-n1c(SCC(=O)N2CC3(C)CC2CC(C)(C)C3)nnc1-c1ccco1. The molecule has 7 heteroatoms. The third-order valence-electron chi connectivity index (χ3n) is 6.79. The van der Waals surface area contributed by atoms with E-state index in [0.717, 1.165) is 30.6 Å². The second kappa shape index (κ2) is 7.80. The van der Waals surface area contributed by atoms with Gasteiger partial charge in [-0.05, 0) is 60.8 Å². The topological polar surface area (TPSA) is 64.2 Å². The summed E-state index contributed by atoms with van der Waals surface area (Å²) in [5.74, 6) is 1.85. The molecule has 1 aromatic carbocycles. The number of aromatic nitrogens is 3. The van der Waals surface area contributed by atoms with Crippen LogP contribution in [0.25, 0.3) is 17.3 Å². The summed E-state index contributed by atoms with van der Waals surface area (Å²) in [6.45, 7) is 9.93. The van der Waals surface area contributed by atoms with Crippen LogP contribution >= 0.6 is 11.8 Å². The van der Waals surface area contributed by atoms with E-state index >= 15 is 0 Å². The van der Waals surface area contributed by atoms with Crippen molar-refractivity contribution in [2.45, 2.75) is 58.2 Å². The number of aryl methyl sites for hydroxylation is 1. The molecule has 32 heavy (non-hydrogen) atoms. The number of rotatable bonds is 5. The quantitative estimate of drug-likeness (QED) is 0.490. The predicted molar refractivity (Wildman–Crippen MR) is 126 cm³/mol. The number of hydrogen-bond donors (Lipinski definition) is 0. The zero-order chi connectivity index (χ0) is 22.5. The van der Waals surface area contributed by atoms with Crippen molar-refractivity contribution in [2.24, 2.45) is 10.8 Å². The third-order valence-corrected chi connectivity index (χ3v) is 7.70. The molecule has 2 atom stereocenters. The molecule has 2 aromatic heterocycles. The molecule has 2 bridgehead atoms. The molecule has 5 rings (SSSR count). The molecule has 1 saturated heterocycles. The van der Waals surface area contributed by atoms with Crippen LogP contribution in [0.5, 0.6) is 0 Å². The second-order valence-corrected chi connectivity index (χ2v) is 11.4. The standard InChI is InChI=1S/C25H30N4O2S/c1-17-8-5-6-9-19(17)29-22(20-10-7-11-31-20)26-27-23(29)32-14-21(30)28-16-25(4)13-18(28)12-24(2,3)15-25/h5-11,18H,12-16H2,1-4H3. The number of thioether (sulfide) groups is 1. The molecular formula is C25H30N4O2S.